The third-order valence-corrected chi connectivity index (χ3v) is 3.32. The van der Waals surface area contributed by atoms with Crippen molar-refractivity contribution < 1.29 is 9.52 Å². The SMILES string of the molecule is CC1CCC(O)(Cc2ccoc2)CC1. The van der Waals surface area contributed by atoms with Crippen LogP contribution in [-0.2, 0) is 6.42 Å². The Kier molecular flexibility index (Phi) is 2.64. The van der Waals surface area contributed by atoms with E-state index in [0.29, 0.717) is 0 Å². The Morgan fingerprint density at radius 3 is 2.79 bits per heavy atom. The third-order valence-electron chi connectivity index (χ3n) is 3.32. The van der Waals surface area contributed by atoms with Crippen LogP contribution in [0.5, 0.6) is 0 Å². The van der Waals surface area contributed by atoms with Crippen molar-refractivity contribution in [2.75, 3.05) is 0 Å². The summed E-state index contributed by atoms with van der Waals surface area (Å²) in [6, 6.07) is 1.94. The van der Waals surface area contributed by atoms with Crippen LogP contribution in [0.4, 0.5) is 0 Å². The van der Waals surface area contributed by atoms with E-state index in [2.05, 4.69) is 6.92 Å². The summed E-state index contributed by atoms with van der Waals surface area (Å²) < 4.78 is 5.01. The lowest BCUT2D eigenvalue weighted by molar-refractivity contribution is -0.00677. The molecule has 0 spiro atoms. The summed E-state index contributed by atoms with van der Waals surface area (Å²) >= 11 is 0. The molecule has 0 atom stereocenters. The van der Waals surface area contributed by atoms with Crippen LogP contribution in [-0.4, -0.2) is 10.7 Å². The largest absolute Gasteiger partial charge is 0.472 e. The first-order valence-electron chi connectivity index (χ1n) is 5.41. The van der Waals surface area contributed by atoms with E-state index in [1.807, 2.05) is 6.07 Å². The average Bonchev–Trinajstić information content (AvgIpc) is 2.63. The fraction of sp³-hybridized carbons (Fsp3) is 0.667. The molecule has 1 heterocycles. The van der Waals surface area contributed by atoms with Crippen molar-refractivity contribution in [3.8, 4) is 0 Å². The van der Waals surface area contributed by atoms with Crippen LogP contribution >= 0.6 is 0 Å². The maximum Gasteiger partial charge on any atom is 0.0935 e. The lowest BCUT2D eigenvalue weighted by atomic mass is 9.77. The second kappa shape index (κ2) is 3.77. The molecular weight excluding hydrogens is 176 g/mol. The van der Waals surface area contributed by atoms with Crippen LogP contribution in [0.25, 0.3) is 0 Å². The molecule has 2 heteroatoms. The van der Waals surface area contributed by atoms with E-state index in [0.717, 1.165) is 43.6 Å². The van der Waals surface area contributed by atoms with Gasteiger partial charge in [-0.1, -0.05) is 6.92 Å². The third kappa shape index (κ3) is 2.18. The lowest BCUT2D eigenvalue weighted by Gasteiger charge is -2.34. The highest BCUT2D eigenvalue weighted by Crippen LogP contribution is 2.34. The summed E-state index contributed by atoms with van der Waals surface area (Å²) in [7, 11) is 0. The summed E-state index contributed by atoms with van der Waals surface area (Å²) in [5.74, 6) is 0.777. The molecule has 1 N–H and O–H groups in total. The summed E-state index contributed by atoms with van der Waals surface area (Å²) in [6.45, 7) is 2.26. The van der Waals surface area contributed by atoms with Crippen LogP contribution in [0.2, 0.25) is 0 Å². The van der Waals surface area contributed by atoms with Crippen molar-refractivity contribution in [2.24, 2.45) is 5.92 Å². The Hall–Kier alpha value is -0.760. The predicted octanol–water partition coefficient (Wildman–Crippen LogP) is 2.76. The molecule has 1 saturated carbocycles. The molecule has 1 aliphatic carbocycles. The number of furan rings is 1. The molecular formula is C12H18O2. The summed E-state index contributed by atoms with van der Waals surface area (Å²) in [5.41, 5.74) is 0.637. The minimum Gasteiger partial charge on any atom is -0.472 e. The molecule has 78 valence electrons. The highest BCUT2D eigenvalue weighted by molar-refractivity contribution is 5.10. The number of aliphatic hydroxyl groups is 1. The van der Waals surface area contributed by atoms with Gasteiger partial charge in [0.25, 0.3) is 0 Å². The molecule has 0 amide bonds. The van der Waals surface area contributed by atoms with Crippen LogP contribution in [0, 0.1) is 5.92 Å². The molecule has 0 unspecified atom stereocenters. The Morgan fingerprint density at radius 1 is 1.50 bits per heavy atom. The molecule has 14 heavy (non-hydrogen) atoms. The van der Waals surface area contributed by atoms with Gasteiger partial charge >= 0.3 is 0 Å². The number of hydrogen-bond donors (Lipinski definition) is 1. The van der Waals surface area contributed by atoms with Gasteiger partial charge in [-0.3, -0.25) is 0 Å². The summed E-state index contributed by atoms with van der Waals surface area (Å²) in [6.07, 6.45) is 8.30. The van der Waals surface area contributed by atoms with Crippen LogP contribution < -0.4 is 0 Å². The lowest BCUT2D eigenvalue weighted by Crippen LogP contribution is -2.35. The van der Waals surface area contributed by atoms with Gasteiger partial charge in [0, 0.05) is 6.42 Å². The van der Waals surface area contributed by atoms with E-state index >= 15 is 0 Å². The van der Waals surface area contributed by atoms with Crippen molar-refractivity contribution in [1.82, 2.24) is 0 Å². The van der Waals surface area contributed by atoms with Crippen molar-refractivity contribution in [3.63, 3.8) is 0 Å². The van der Waals surface area contributed by atoms with Crippen molar-refractivity contribution in [3.05, 3.63) is 24.2 Å². The predicted molar refractivity (Wildman–Crippen MR) is 55.0 cm³/mol. The molecule has 1 aromatic heterocycles. The van der Waals surface area contributed by atoms with Crippen LogP contribution in [0.3, 0.4) is 0 Å². The van der Waals surface area contributed by atoms with Gasteiger partial charge in [0.1, 0.15) is 0 Å². The smallest absolute Gasteiger partial charge is 0.0935 e. The second-order valence-electron chi connectivity index (χ2n) is 4.72. The standard InChI is InChI=1S/C12H18O2/c1-10-2-5-12(13,6-3-10)8-11-4-7-14-9-11/h4,7,9-10,13H,2-3,5-6,8H2,1H3. The molecule has 0 aromatic carbocycles. The van der Waals surface area contributed by atoms with Crippen molar-refractivity contribution in [1.29, 1.82) is 0 Å². The Morgan fingerprint density at radius 2 is 2.21 bits per heavy atom. The van der Waals surface area contributed by atoms with Gasteiger partial charge < -0.3 is 9.52 Å². The summed E-state index contributed by atoms with van der Waals surface area (Å²) in [4.78, 5) is 0. The first-order valence-corrected chi connectivity index (χ1v) is 5.41. The van der Waals surface area contributed by atoms with E-state index in [9.17, 15) is 5.11 Å². The van der Waals surface area contributed by atoms with E-state index in [1.54, 1.807) is 12.5 Å². The fourth-order valence-electron chi connectivity index (χ4n) is 2.25. The highest BCUT2D eigenvalue weighted by atomic mass is 16.3. The summed E-state index contributed by atoms with van der Waals surface area (Å²) in [5, 5.41) is 10.3. The quantitative estimate of drug-likeness (QED) is 0.785. The van der Waals surface area contributed by atoms with Crippen LogP contribution in [0.1, 0.15) is 38.2 Å². The van der Waals surface area contributed by atoms with E-state index < -0.39 is 5.60 Å². The number of hydrogen-bond acceptors (Lipinski definition) is 2. The van der Waals surface area contributed by atoms with Gasteiger partial charge in [-0.05, 0) is 43.2 Å². The monoisotopic (exact) mass is 194 g/mol. The Labute approximate surface area is 84.9 Å². The minimum atomic E-state index is -0.476. The maximum atomic E-state index is 10.3. The maximum absolute atomic E-state index is 10.3. The minimum absolute atomic E-state index is 0.476. The van der Waals surface area contributed by atoms with Crippen LogP contribution in [0.15, 0.2) is 23.0 Å². The van der Waals surface area contributed by atoms with Gasteiger partial charge in [0.05, 0.1) is 18.1 Å². The Bertz CT molecular complexity index is 269. The first kappa shape index (κ1) is 9.78. The Balaban J connectivity index is 1.96. The van der Waals surface area contributed by atoms with E-state index in [4.69, 9.17) is 4.42 Å². The van der Waals surface area contributed by atoms with Crippen molar-refractivity contribution in [2.45, 2.75) is 44.6 Å². The van der Waals surface area contributed by atoms with Crippen molar-refractivity contribution >= 4 is 0 Å². The zero-order valence-corrected chi connectivity index (χ0v) is 8.70. The molecule has 0 radical (unpaired) electrons. The van der Waals surface area contributed by atoms with Gasteiger partial charge in [0.15, 0.2) is 0 Å². The molecule has 0 saturated heterocycles. The molecule has 0 bridgehead atoms. The van der Waals surface area contributed by atoms with E-state index in [1.165, 1.54) is 0 Å². The van der Waals surface area contributed by atoms with Gasteiger partial charge in [-0.15, -0.1) is 0 Å². The number of rotatable bonds is 2. The average molecular weight is 194 g/mol. The van der Waals surface area contributed by atoms with Gasteiger partial charge in [-0.25, -0.2) is 0 Å². The normalized spacial score (nSPS) is 33.1. The fourth-order valence-corrected chi connectivity index (χ4v) is 2.25. The van der Waals surface area contributed by atoms with Gasteiger partial charge in [-0.2, -0.15) is 0 Å². The molecule has 1 fully saturated rings. The van der Waals surface area contributed by atoms with E-state index in [-0.39, 0.29) is 0 Å². The molecule has 1 aromatic rings. The second-order valence-corrected chi connectivity index (χ2v) is 4.72. The molecule has 0 aliphatic heterocycles. The molecule has 2 nitrogen and oxygen atoms in total. The first-order chi connectivity index (χ1) is 6.68. The zero-order valence-electron chi connectivity index (χ0n) is 8.70. The zero-order chi connectivity index (χ0) is 10.0. The highest BCUT2D eigenvalue weighted by Gasteiger charge is 2.31. The molecule has 2 rings (SSSR count). The molecule has 1 aliphatic rings. The topological polar surface area (TPSA) is 33.4 Å². The van der Waals surface area contributed by atoms with Gasteiger partial charge in [0.2, 0.25) is 0 Å².